The number of alkyl halides is 2. The van der Waals surface area contributed by atoms with Crippen molar-refractivity contribution >= 4 is 21.9 Å². The van der Waals surface area contributed by atoms with Crippen LogP contribution >= 0.6 is 15.9 Å². The monoisotopic (exact) mass is 304 g/mol. The smallest absolute Gasteiger partial charge is 0.310 e. The summed E-state index contributed by atoms with van der Waals surface area (Å²) in [6.07, 6.45) is -3.03. The number of esters is 1. The van der Waals surface area contributed by atoms with Crippen molar-refractivity contribution in [1.29, 1.82) is 5.26 Å². The van der Waals surface area contributed by atoms with Crippen LogP contribution in [0.15, 0.2) is 10.5 Å². The van der Waals surface area contributed by atoms with E-state index in [1.54, 1.807) is 6.07 Å². The van der Waals surface area contributed by atoms with E-state index in [2.05, 4.69) is 25.7 Å². The molecule has 1 aromatic heterocycles. The van der Waals surface area contributed by atoms with E-state index < -0.39 is 18.1 Å². The summed E-state index contributed by atoms with van der Waals surface area (Å²) in [5.41, 5.74) is -0.468. The second kappa shape index (κ2) is 5.68. The fourth-order valence-electron chi connectivity index (χ4n) is 1.16. The lowest BCUT2D eigenvalue weighted by Crippen LogP contribution is -2.08. The van der Waals surface area contributed by atoms with Gasteiger partial charge in [-0.2, -0.15) is 5.26 Å². The zero-order chi connectivity index (χ0) is 13.0. The Morgan fingerprint density at radius 2 is 2.35 bits per heavy atom. The number of halogens is 3. The predicted molar refractivity (Wildman–Crippen MR) is 57.3 cm³/mol. The largest absolute Gasteiger partial charge is 0.469 e. The second-order valence-electron chi connectivity index (χ2n) is 3.03. The number of rotatable bonds is 3. The molecule has 4 nitrogen and oxygen atoms in total. The molecule has 1 aromatic rings. The van der Waals surface area contributed by atoms with Crippen molar-refractivity contribution in [2.24, 2.45) is 0 Å². The van der Waals surface area contributed by atoms with Crippen molar-refractivity contribution in [3.63, 3.8) is 0 Å². The molecule has 0 aliphatic heterocycles. The zero-order valence-electron chi connectivity index (χ0n) is 8.71. The molecule has 1 rings (SSSR count). The molecule has 0 aliphatic carbocycles. The summed E-state index contributed by atoms with van der Waals surface area (Å²) in [6.45, 7) is 0. The van der Waals surface area contributed by atoms with Gasteiger partial charge < -0.3 is 4.74 Å². The Morgan fingerprint density at radius 3 is 2.82 bits per heavy atom. The molecule has 0 saturated carbocycles. The first-order valence-corrected chi connectivity index (χ1v) is 5.23. The fourth-order valence-corrected chi connectivity index (χ4v) is 1.68. The molecule has 0 aliphatic rings. The van der Waals surface area contributed by atoms with Crippen LogP contribution in [0.2, 0.25) is 0 Å². The van der Waals surface area contributed by atoms with Gasteiger partial charge in [-0.05, 0) is 27.6 Å². The van der Waals surface area contributed by atoms with Crippen LogP contribution < -0.4 is 0 Å². The van der Waals surface area contributed by atoms with Crippen LogP contribution in [0, 0.1) is 11.3 Å². The van der Waals surface area contributed by atoms with E-state index >= 15 is 0 Å². The Hall–Kier alpha value is -1.55. The van der Waals surface area contributed by atoms with Crippen molar-refractivity contribution in [2.75, 3.05) is 7.11 Å². The Labute approximate surface area is 104 Å². The first-order valence-electron chi connectivity index (χ1n) is 4.44. The number of carbonyl (C=O) groups excluding carboxylic acids is 1. The van der Waals surface area contributed by atoms with Crippen LogP contribution in [-0.4, -0.2) is 18.1 Å². The molecule has 1 heterocycles. The van der Waals surface area contributed by atoms with E-state index in [4.69, 9.17) is 5.26 Å². The minimum atomic E-state index is -2.82. The molecular weight excluding hydrogens is 298 g/mol. The van der Waals surface area contributed by atoms with E-state index in [9.17, 15) is 13.6 Å². The lowest BCUT2D eigenvalue weighted by atomic mass is 10.1. The number of ether oxygens (including phenoxy) is 1. The maximum Gasteiger partial charge on any atom is 0.310 e. The van der Waals surface area contributed by atoms with Gasteiger partial charge in [-0.25, -0.2) is 13.8 Å². The van der Waals surface area contributed by atoms with E-state index in [0.717, 1.165) is 0 Å². The number of nitriles is 1. The number of hydrogen-bond acceptors (Lipinski definition) is 4. The van der Waals surface area contributed by atoms with Gasteiger partial charge in [-0.1, -0.05) is 0 Å². The topological polar surface area (TPSA) is 63.0 Å². The van der Waals surface area contributed by atoms with E-state index in [1.807, 2.05) is 0 Å². The molecule has 17 heavy (non-hydrogen) atoms. The van der Waals surface area contributed by atoms with Gasteiger partial charge >= 0.3 is 5.97 Å². The molecule has 0 saturated heterocycles. The van der Waals surface area contributed by atoms with Crippen molar-refractivity contribution in [3.05, 3.63) is 27.5 Å². The van der Waals surface area contributed by atoms with Crippen LogP contribution in [0.3, 0.4) is 0 Å². The average molecular weight is 305 g/mol. The highest BCUT2D eigenvalue weighted by Crippen LogP contribution is 2.29. The third kappa shape index (κ3) is 3.20. The highest BCUT2D eigenvalue weighted by atomic mass is 79.9. The summed E-state index contributed by atoms with van der Waals surface area (Å²) in [5.74, 6) is -0.582. The van der Waals surface area contributed by atoms with Crippen molar-refractivity contribution in [2.45, 2.75) is 12.8 Å². The van der Waals surface area contributed by atoms with Gasteiger partial charge in [0.25, 0.3) is 6.43 Å². The highest BCUT2D eigenvalue weighted by Gasteiger charge is 2.19. The SMILES string of the molecule is COC(=O)Cc1cc(C#N)nc(C(F)F)c1Br. The van der Waals surface area contributed by atoms with Crippen LogP contribution in [0.5, 0.6) is 0 Å². The lowest BCUT2D eigenvalue weighted by Gasteiger charge is -2.08. The molecule has 7 heteroatoms. The first kappa shape index (κ1) is 13.5. The molecule has 0 spiro atoms. The minimum absolute atomic E-state index is 0.0249. The number of nitrogens with zero attached hydrogens (tertiary/aromatic N) is 2. The van der Waals surface area contributed by atoms with Crippen LogP contribution in [0.25, 0.3) is 0 Å². The highest BCUT2D eigenvalue weighted by molar-refractivity contribution is 9.10. The molecule has 0 fully saturated rings. The average Bonchev–Trinajstić information content (AvgIpc) is 2.31. The maximum absolute atomic E-state index is 12.6. The lowest BCUT2D eigenvalue weighted by molar-refractivity contribution is -0.139. The Morgan fingerprint density at radius 1 is 1.71 bits per heavy atom. The Kier molecular flexibility index (Phi) is 4.52. The minimum Gasteiger partial charge on any atom is -0.469 e. The summed E-state index contributed by atoms with van der Waals surface area (Å²) in [4.78, 5) is 14.6. The van der Waals surface area contributed by atoms with E-state index in [0.29, 0.717) is 0 Å². The number of carbonyl (C=O) groups is 1. The van der Waals surface area contributed by atoms with Gasteiger partial charge in [-0.15, -0.1) is 0 Å². The third-order valence-corrected chi connectivity index (χ3v) is 2.86. The maximum atomic E-state index is 12.6. The van der Waals surface area contributed by atoms with Crippen LogP contribution in [0.4, 0.5) is 8.78 Å². The number of pyridine rings is 1. The van der Waals surface area contributed by atoms with Gasteiger partial charge in [0, 0.05) is 4.47 Å². The van der Waals surface area contributed by atoms with Crippen molar-refractivity contribution < 1.29 is 18.3 Å². The molecule has 90 valence electrons. The van der Waals surface area contributed by atoms with E-state index in [-0.39, 0.29) is 22.2 Å². The normalized spacial score (nSPS) is 10.1. The van der Waals surface area contributed by atoms with Gasteiger partial charge in [0.15, 0.2) is 0 Å². The van der Waals surface area contributed by atoms with Gasteiger partial charge in [0.2, 0.25) is 0 Å². The van der Waals surface area contributed by atoms with Crippen molar-refractivity contribution in [1.82, 2.24) is 4.98 Å². The van der Waals surface area contributed by atoms with Crippen LogP contribution in [0.1, 0.15) is 23.4 Å². The molecule has 0 aromatic carbocycles. The first-order chi connectivity index (χ1) is 7.99. The quantitative estimate of drug-likeness (QED) is 0.804. The molecule has 0 amide bonds. The Balaban J connectivity index is 3.25. The van der Waals surface area contributed by atoms with Crippen molar-refractivity contribution in [3.8, 4) is 6.07 Å². The molecular formula is C10H7BrF2N2O2. The number of hydrogen-bond donors (Lipinski definition) is 0. The molecule has 0 unspecified atom stereocenters. The molecule has 0 radical (unpaired) electrons. The van der Waals surface area contributed by atoms with E-state index in [1.165, 1.54) is 13.2 Å². The fraction of sp³-hybridized carbons (Fsp3) is 0.300. The van der Waals surface area contributed by atoms with Crippen LogP contribution in [-0.2, 0) is 16.0 Å². The number of aromatic nitrogens is 1. The summed E-state index contributed by atoms with van der Waals surface area (Å²) >= 11 is 2.94. The third-order valence-electron chi connectivity index (χ3n) is 1.94. The molecule has 0 N–H and O–H groups in total. The summed E-state index contributed by atoms with van der Waals surface area (Å²) in [5, 5.41) is 8.66. The standard InChI is InChI=1S/C10H7BrF2N2O2/c1-17-7(16)3-5-2-6(4-14)15-9(8(5)11)10(12)13/h2,10H,3H2,1H3. The summed E-state index contributed by atoms with van der Waals surface area (Å²) < 4.78 is 29.7. The molecule has 0 bridgehead atoms. The number of methoxy groups -OCH3 is 1. The molecule has 0 atom stereocenters. The van der Waals surface area contributed by atoms with Gasteiger partial charge in [0.1, 0.15) is 17.5 Å². The summed E-state index contributed by atoms with van der Waals surface area (Å²) in [6, 6.07) is 2.93. The van der Waals surface area contributed by atoms with Gasteiger partial charge in [0.05, 0.1) is 13.5 Å². The van der Waals surface area contributed by atoms with Gasteiger partial charge in [-0.3, -0.25) is 4.79 Å². The summed E-state index contributed by atoms with van der Waals surface area (Å²) in [7, 11) is 1.19. The zero-order valence-corrected chi connectivity index (χ0v) is 10.3. The predicted octanol–water partition coefficient (Wildman–Crippen LogP) is 2.37. The second-order valence-corrected chi connectivity index (χ2v) is 3.82. The Bertz CT molecular complexity index is 486.